The van der Waals surface area contributed by atoms with Gasteiger partial charge in [-0.15, -0.1) is 0 Å². The molecule has 170 valence electrons. The summed E-state index contributed by atoms with van der Waals surface area (Å²) >= 11 is 0. The molecule has 1 aliphatic rings. The summed E-state index contributed by atoms with van der Waals surface area (Å²) in [7, 11) is 0. The van der Waals surface area contributed by atoms with Crippen LogP contribution in [0.2, 0.25) is 0 Å². The lowest BCUT2D eigenvalue weighted by Gasteiger charge is -2.22. The van der Waals surface area contributed by atoms with E-state index in [1.165, 1.54) is 38.4 Å². The fourth-order valence-corrected chi connectivity index (χ4v) is 6.46. The number of fused-ring (bicyclic) bond motifs is 10. The molecule has 0 fully saturated rings. The standard InChI is InChI=1S/C34H23NO/c1-34(2)27-16-7-5-11-21(27)23-18-19-29-30(31(23)34)25-14-9-15-26(33(25)36-29)32-24-13-4-3-10-20(24)22-12-6-8-17-28(22)35-32/h3-19H,1-2H3. The Hall–Kier alpha value is -4.43. The van der Waals surface area contributed by atoms with E-state index in [0.717, 1.165) is 38.7 Å². The number of hydrogen-bond donors (Lipinski definition) is 0. The maximum atomic E-state index is 6.68. The highest BCUT2D eigenvalue weighted by atomic mass is 16.3. The van der Waals surface area contributed by atoms with E-state index >= 15 is 0 Å². The van der Waals surface area contributed by atoms with Crippen molar-refractivity contribution in [1.29, 1.82) is 0 Å². The number of furan rings is 1. The number of nitrogens with zero attached hydrogens (tertiary/aromatic N) is 1. The third-order valence-corrected chi connectivity index (χ3v) is 8.04. The number of para-hydroxylation sites is 2. The van der Waals surface area contributed by atoms with E-state index in [9.17, 15) is 0 Å². The summed E-state index contributed by atoms with van der Waals surface area (Å²) in [6.07, 6.45) is 0. The molecule has 0 N–H and O–H groups in total. The van der Waals surface area contributed by atoms with E-state index < -0.39 is 0 Å². The van der Waals surface area contributed by atoms with Gasteiger partial charge in [0.15, 0.2) is 0 Å². The van der Waals surface area contributed by atoms with Crippen LogP contribution in [0, 0.1) is 0 Å². The van der Waals surface area contributed by atoms with Gasteiger partial charge in [-0.25, -0.2) is 4.98 Å². The monoisotopic (exact) mass is 461 g/mol. The maximum absolute atomic E-state index is 6.68. The van der Waals surface area contributed by atoms with Crippen molar-refractivity contribution in [3.8, 4) is 22.4 Å². The minimum Gasteiger partial charge on any atom is -0.455 e. The van der Waals surface area contributed by atoms with Crippen molar-refractivity contribution in [2.24, 2.45) is 0 Å². The van der Waals surface area contributed by atoms with E-state index in [0.29, 0.717) is 0 Å². The molecule has 0 unspecified atom stereocenters. The van der Waals surface area contributed by atoms with Crippen molar-refractivity contribution in [3.63, 3.8) is 0 Å². The van der Waals surface area contributed by atoms with Crippen molar-refractivity contribution >= 4 is 43.6 Å². The van der Waals surface area contributed by atoms with Gasteiger partial charge in [0.25, 0.3) is 0 Å². The van der Waals surface area contributed by atoms with Gasteiger partial charge >= 0.3 is 0 Å². The number of rotatable bonds is 1. The zero-order chi connectivity index (χ0) is 24.0. The van der Waals surface area contributed by atoms with E-state index in [4.69, 9.17) is 9.40 Å². The first kappa shape index (κ1) is 19.8. The number of hydrogen-bond acceptors (Lipinski definition) is 2. The van der Waals surface area contributed by atoms with Crippen molar-refractivity contribution in [1.82, 2.24) is 4.98 Å². The summed E-state index contributed by atoms with van der Waals surface area (Å²) in [6.45, 7) is 4.66. The zero-order valence-corrected chi connectivity index (χ0v) is 20.2. The Bertz CT molecular complexity index is 2030. The van der Waals surface area contributed by atoms with Gasteiger partial charge in [0.05, 0.1) is 11.2 Å². The number of pyridine rings is 1. The van der Waals surface area contributed by atoms with Gasteiger partial charge < -0.3 is 4.42 Å². The molecule has 0 amide bonds. The quantitative estimate of drug-likeness (QED) is 0.228. The molecule has 0 bridgehead atoms. The molecule has 2 heteroatoms. The van der Waals surface area contributed by atoms with Crippen LogP contribution in [0.25, 0.3) is 66.0 Å². The van der Waals surface area contributed by atoms with Crippen molar-refractivity contribution in [2.75, 3.05) is 0 Å². The van der Waals surface area contributed by atoms with Crippen molar-refractivity contribution < 1.29 is 4.42 Å². The van der Waals surface area contributed by atoms with Crippen LogP contribution in [-0.2, 0) is 5.41 Å². The molecule has 7 aromatic rings. The van der Waals surface area contributed by atoms with Gasteiger partial charge in [-0.3, -0.25) is 0 Å². The molecular weight excluding hydrogens is 438 g/mol. The van der Waals surface area contributed by atoms with Crippen LogP contribution in [0.1, 0.15) is 25.0 Å². The lowest BCUT2D eigenvalue weighted by molar-refractivity contribution is 0.657. The Balaban J connectivity index is 1.49. The van der Waals surface area contributed by atoms with Gasteiger partial charge in [-0.1, -0.05) is 98.8 Å². The highest BCUT2D eigenvalue weighted by Gasteiger charge is 2.38. The molecule has 8 rings (SSSR count). The molecule has 0 spiro atoms. The third kappa shape index (κ3) is 2.43. The van der Waals surface area contributed by atoms with Gasteiger partial charge in [0.1, 0.15) is 11.2 Å². The highest BCUT2D eigenvalue weighted by Crippen LogP contribution is 2.53. The summed E-state index contributed by atoms with van der Waals surface area (Å²) in [6, 6.07) is 36.6. The molecule has 2 nitrogen and oxygen atoms in total. The second-order valence-corrected chi connectivity index (χ2v) is 10.3. The SMILES string of the molecule is CC1(C)c2ccccc2-c2ccc3oc4c(-c5nc6ccccc6c6ccccc56)cccc4c3c21. The van der Waals surface area contributed by atoms with E-state index in [1.807, 2.05) is 0 Å². The first-order valence-corrected chi connectivity index (χ1v) is 12.5. The Labute approximate surface area is 208 Å². The summed E-state index contributed by atoms with van der Waals surface area (Å²) in [4.78, 5) is 5.17. The zero-order valence-electron chi connectivity index (χ0n) is 20.2. The van der Waals surface area contributed by atoms with Crippen LogP contribution in [0.5, 0.6) is 0 Å². The minimum atomic E-state index is -0.105. The summed E-state index contributed by atoms with van der Waals surface area (Å²) in [5.41, 5.74) is 10.1. The normalized spacial score (nSPS) is 14.1. The molecule has 0 atom stereocenters. The van der Waals surface area contributed by atoms with Crippen LogP contribution in [-0.4, -0.2) is 4.98 Å². The molecule has 1 aliphatic carbocycles. The second-order valence-electron chi connectivity index (χ2n) is 10.3. The molecule has 0 aliphatic heterocycles. The molecule has 0 saturated heterocycles. The van der Waals surface area contributed by atoms with E-state index in [-0.39, 0.29) is 5.41 Å². The van der Waals surface area contributed by atoms with E-state index in [2.05, 4.69) is 117 Å². The predicted octanol–water partition coefficient (Wildman–Crippen LogP) is 9.26. The smallest absolute Gasteiger partial charge is 0.144 e. The molecular formula is C34H23NO. The molecule has 36 heavy (non-hydrogen) atoms. The lowest BCUT2D eigenvalue weighted by atomic mass is 9.80. The van der Waals surface area contributed by atoms with Crippen LogP contribution >= 0.6 is 0 Å². The minimum absolute atomic E-state index is 0.105. The summed E-state index contributed by atoms with van der Waals surface area (Å²) in [5, 5.41) is 5.90. The fourth-order valence-electron chi connectivity index (χ4n) is 6.46. The maximum Gasteiger partial charge on any atom is 0.144 e. The predicted molar refractivity (Wildman–Crippen MR) is 150 cm³/mol. The van der Waals surface area contributed by atoms with Gasteiger partial charge in [-0.2, -0.15) is 0 Å². The Morgan fingerprint density at radius 2 is 1.28 bits per heavy atom. The van der Waals surface area contributed by atoms with Crippen LogP contribution in [0.3, 0.4) is 0 Å². The molecule has 2 aromatic heterocycles. The van der Waals surface area contributed by atoms with Crippen LogP contribution in [0.15, 0.2) is 108 Å². The Kier molecular flexibility index (Phi) is 3.76. The van der Waals surface area contributed by atoms with Crippen molar-refractivity contribution in [3.05, 3.63) is 114 Å². The summed E-state index contributed by atoms with van der Waals surface area (Å²) in [5.74, 6) is 0. The number of aromatic nitrogens is 1. The Morgan fingerprint density at radius 3 is 2.17 bits per heavy atom. The Morgan fingerprint density at radius 1 is 0.583 bits per heavy atom. The fraction of sp³-hybridized carbons (Fsp3) is 0.0882. The average molecular weight is 462 g/mol. The molecule has 5 aromatic carbocycles. The van der Waals surface area contributed by atoms with Crippen LogP contribution in [0.4, 0.5) is 0 Å². The first-order valence-electron chi connectivity index (χ1n) is 12.5. The molecule has 2 heterocycles. The number of benzene rings is 5. The molecule has 0 radical (unpaired) electrons. The van der Waals surface area contributed by atoms with Crippen molar-refractivity contribution in [2.45, 2.75) is 19.3 Å². The van der Waals surface area contributed by atoms with E-state index in [1.54, 1.807) is 0 Å². The molecule has 0 saturated carbocycles. The average Bonchev–Trinajstić information content (AvgIpc) is 3.41. The van der Waals surface area contributed by atoms with Gasteiger partial charge in [0, 0.05) is 32.5 Å². The first-order chi connectivity index (χ1) is 17.6. The lowest BCUT2D eigenvalue weighted by Crippen LogP contribution is -2.15. The van der Waals surface area contributed by atoms with Gasteiger partial charge in [0.2, 0.25) is 0 Å². The second kappa shape index (κ2) is 6.83. The highest BCUT2D eigenvalue weighted by molar-refractivity contribution is 6.17. The topological polar surface area (TPSA) is 26.0 Å². The summed E-state index contributed by atoms with van der Waals surface area (Å²) < 4.78 is 6.68. The third-order valence-electron chi connectivity index (χ3n) is 8.04. The van der Waals surface area contributed by atoms with Gasteiger partial charge in [-0.05, 0) is 45.8 Å². The largest absolute Gasteiger partial charge is 0.455 e. The van der Waals surface area contributed by atoms with Crippen LogP contribution < -0.4 is 0 Å².